The molecule has 114 valence electrons. The molecule has 0 radical (unpaired) electrons. The van der Waals surface area contributed by atoms with Crippen LogP contribution in [0.1, 0.15) is 24.9 Å². The fourth-order valence-corrected chi connectivity index (χ4v) is 1.48. The van der Waals surface area contributed by atoms with E-state index in [-0.39, 0.29) is 24.2 Å². The van der Waals surface area contributed by atoms with E-state index in [9.17, 15) is 17.6 Å². The Hall–Kier alpha value is -1.27. The van der Waals surface area contributed by atoms with E-state index in [1.54, 1.807) is 0 Å². The van der Waals surface area contributed by atoms with Crippen LogP contribution < -0.4 is 10.5 Å². The van der Waals surface area contributed by atoms with E-state index in [0.717, 1.165) is 5.57 Å². The highest BCUT2D eigenvalue weighted by Crippen LogP contribution is 2.28. The molecule has 20 heavy (non-hydrogen) atoms. The van der Waals surface area contributed by atoms with Gasteiger partial charge in [0.25, 0.3) is 0 Å². The van der Waals surface area contributed by atoms with Gasteiger partial charge in [0.15, 0.2) is 0 Å². The van der Waals surface area contributed by atoms with E-state index in [1.807, 2.05) is 6.92 Å². The molecule has 1 aromatic carbocycles. The highest BCUT2D eigenvalue weighted by molar-refractivity contribution is 5.85. The van der Waals surface area contributed by atoms with Gasteiger partial charge in [-0.3, -0.25) is 0 Å². The summed E-state index contributed by atoms with van der Waals surface area (Å²) in [6, 6.07) is 4.98. The minimum atomic E-state index is -4.50. The number of benzene rings is 1. The molecule has 0 aliphatic heterocycles. The zero-order chi connectivity index (χ0) is 14.6. The van der Waals surface area contributed by atoms with E-state index in [0.29, 0.717) is 12.0 Å². The molecule has 0 aliphatic rings. The molecule has 1 aromatic rings. The lowest BCUT2D eigenvalue weighted by Crippen LogP contribution is -2.33. The summed E-state index contributed by atoms with van der Waals surface area (Å²) in [4.78, 5) is 0. The Morgan fingerprint density at radius 1 is 1.30 bits per heavy atom. The number of hydrogen-bond acceptors (Lipinski definition) is 2. The minimum Gasteiger partial charge on any atom is -0.428 e. The van der Waals surface area contributed by atoms with Gasteiger partial charge in [0.05, 0.1) is 0 Å². The molecule has 0 aliphatic carbocycles. The molecule has 2 nitrogen and oxygen atoms in total. The summed E-state index contributed by atoms with van der Waals surface area (Å²) in [6.45, 7) is 5.54. The lowest BCUT2D eigenvalue weighted by molar-refractivity contribution is -0.253. The van der Waals surface area contributed by atoms with Crippen LogP contribution in [-0.4, -0.2) is 12.5 Å². The quantitative estimate of drug-likeness (QED) is 0.627. The van der Waals surface area contributed by atoms with Crippen LogP contribution in [0.15, 0.2) is 36.4 Å². The average Bonchev–Trinajstić information content (AvgIpc) is 2.28. The minimum absolute atomic E-state index is 0. The SMILES string of the molecule is C=C(C)C[C@@H](N)c1ccc(OC(F)(F)C(F)F)cc1.Cl. The highest BCUT2D eigenvalue weighted by Gasteiger charge is 2.43. The fraction of sp³-hybridized carbons (Fsp3) is 0.385. The van der Waals surface area contributed by atoms with Gasteiger partial charge in [0.2, 0.25) is 0 Å². The number of halogens is 5. The maximum absolute atomic E-state index is 12.7. The molecule has 0 saturated carbocycles. The zero-order valence-corrected chi connectivity index (χ0v) is 11.6. The molecule has 1 rings (SSSR count). The second-order valence-corrected chi connectivity index (χ2v) is 4.30. The first-order chi connectivity index (χ1) is 8.72. The van der Waals surface area contributed by atoms with Crippen molar-refractivity contribution in [1.29, 1.82) is 0 Å². The van der Waals surface area contributed by atoms with Gasteiger partial charge in [0, 0.05) is 6.04 Å². The first-order valence-electron chi connectivity index (χ1n) is 5.57. The van der Waals surface area contributed by atoms with Crippen molar-refractivity contribution in [3.63, 3.8) is 0 Å². The van der Waals surface area contributed by atoms with E-state index < -0.39 is 12.5 Å². The molecule has 0 bridgehead atoms. The van der Waals surface area contributed by atoms with Crippen LogP contribution in [0.25, 0.3) is 0 Å². The van der Waals surface area contributed by atoms with Gasteiger partial charge >= 0.3 is 12.5 Å². The van der Waals surface area contributed by atoms with Crippen LogP contribution in [0.3, 0.4) is 0 Å². The Kier molecular flexibility index (Phi) is 7.02. The van der Waals surface area contributed by atoms with Crippen molar-refractivity contribution < 1.29 is 22.3 Å². The van der Waals surface area contributed by atoms with Crippen molar-refractivity contribution in [2.24, 2.45) is 5.73 Å². The molecule has 0 heterocycles. The summed E-state index contributed by atoms with van der Waals surface area (Å²) in [5.41, 5.74) is 7.43. The normalized spacial score (nSPS) is 12.8. The molecule has 0 saturated heterocycles. The lowest BCUT2D eigenvalue weighted by Gasteiger charge is -2.17. The lowest BCUT2D eigenvalue weighted by atomic mass is 10.0. The summed E-state index contributed by atoms with van der Waals surface area (Å²) in [5.74, 6) is -0.337. The summed E-state index contributed by atoms with van der Waals surface area (Å²) >= 11 is 0. The molecule has 0 spiro atoms. The molecule has 0 fully saturated rings. The second-order valence-electron chi connectivity index (χ2n) is 4.30. The summed E-state index contributed by atoms with van der Waals surface area (Å²) < 4.78 is 53.1. The van der Waals surface area contributed by atoms with Gasteiger partial charge in [-0.05, 0) is 31.0 Å². The topological polar surface area (TPSA) is 35.2 Å². The third-order valence-corrected chi connectivity index (χ3v) is 2.38. The van der Waals surface area contributed by atoms with Crippen LogP contribution >= 0.6 is 12.4 Å². The second kappa shape index (κ2) is 7.50. The summed E-state index contributed by atoms with van der Waals surface area (Å²) in [7, 11) is 0. The van der Waals surface area contributed by atoms with Crippen molar-refractivity contribution in [2.75, 3.05) is 0 Å². The van der Waals surface area contributed by atoms with E-state index >= 15 is 0 Å². The average molecular weight is 314 g/mol. The molecule has 1 atom stereocenters. The Morgan fingerprint density at radius 3 is 2.20 bits per heavy atom. The monoisotopic (exact) mass is 313 g/mol. The Bertz CT molecular complexity index is 437. The first kappa shape index (κ1) is 18.7. The van der Waals surface area contributed by atoms with Gasteiger partial charge in [0.1, 0.15) is 5.75 Å². The standard InChI is InChI=1S/C13H15F4NO.ClH/c1-8(2)7-11(18)9-3-5-10(6-4-9)19-13(16,17)12(14)15;/h3-6,11-12H,1,7,18H2,2H3;1H/t11-;/m1./s1. The molecule has 0 aromatic heterocycles. The fourth-order valence-electron chi connectivity index (χ4n) is 1.48. The number of nitrogens with two attached hydrogens (primary N) is 1. The smallest absolute Gasteiger partial charge is 0.428 e. The number of rotatable bonds is 6. The van der Waals surface area contributed by atoms with Crippen LogP contribution in [0.4, 0.5) is 17.6 Å². The molecule has 7 heteroatoms. The van der Waals surface area contributed by atoms with Crippen LogP contribution in [0, 0.1) is 0 Å². The Morgan fingerprint density at radius 2 is 1.80 bits per heavy atom. The third kappa shape index (κ3) is 5.38. The maximum Gasteiger partial charge on any atom is 0.461 e. The van der Waals surface area contributed by atoms with Crippen molar-refractivity contribution in [3.05, 3.63) is 42.0 Å². The van der Waals surface area contributed by atoms with Crippen molar-refractivity contribution in [3.8, 4) is 5.75 Å². The predicted molar refractivity (Wildman–Crippen MR) is 71.6 cm³/mol. The zero-order valence-electron chi connectivity index (χ0n) is 10.8. The highest BCUT2D eigenvalue weighted by atomic mass is 35.5. The number of alkyl halides is 4. The molecular weight excluding hydrogens is 298 g/mol. The van der Waals surface area contributed by atoms with Crippen molar-refractivity contribution in [2.45, 2.75) is 31.9 Å². The number of hydrogen-bond donors (Lipinski definition) is 1. The van der Waals surface area contributed by atoms with Crippen molar-refractivity contribution in [1.82, 2.24) is 0 Å². The van der Waals surface area contributed by atoms with Gasteiger partial charge < -0.3 is 10.5 Å². The van der Waals surface area contributed by atoms with Crippen LogP contribution in [0.2, 0.25) is 0 Å². The van der Waals surface area contributed by atoms with E-state index in [4.69, 9.17) is 5.73 Å². The Labute approximate surface area is 121 Å². The Balaban J connectivity index is 0.00000361. The number of ether oxygens (including phenoxy) is 1. The van der Waals surface area contributed by atoms with E-state index in [1.165, 1.54) is 24.3 Å². The molecule has 0 unspecified atom stereocenters. The molecule has 2 N–H and O–H groups in total. The maximum atomic E-state index is 12.7. The van der Waals surface area contributed by atoms with Crippen LogP contribution in [-0.2, 0) is 0 Å². The first-order valence-corrected chi connectivity index (χ1v) is 5.57. The van der Waals surface area contributed by atoms with Gasteiger partial charge in [-0.25, -0.2) is 0 Å². The van der Waals surface area contributed by atoms with Crippen molar-refractivity contribution >= 4 is 12.4 Å². The molecular formula is C13H16ClF4NO. The van der Waals surface area contributed by atoms with Crippen LogP contribution in [0.5, 0.6) is 5.75 Å². The predicted octanol–water partition coefficient (Wildman–Crippen LogP) is 4.31. The largest absolute Gasteiger partial charge is 0.461 e. The van der Waals surface area contributed by atoms with E-state index in [2.05, 4.69) is 11.3 Å². The van der Waals surface area contributed by atoms with Gasteiger partial charge in [-0.15, -0.1) is 19.0 Å². The van der Waals surface area contributed by atoms with Gasteiger partial charge in [-0.1, -0.05) is 17.7 Å². The summed E-state index contributed by atoms with van der Waals surface area (Å²) in [6.07, 6.45) is -7.83. The van der Waals surface area contributed by atoms with Gasteiger partial charge in [-0.2, -0.15) is 17.6 Å². The summed E-state index contributed by atoms with van der Waals surface area (Å²) in [5, 5.41) is 0. The third-order valence-electron chi connectivity index (χ3n) is 2.38. The molecule has 0 amide bonds.